The zero-order valence-corrected chi connectivity index (χ0v) is 12.8. The molecule has 0 aliphatic heterocycles. The van der Waals surface area contributed by atoms with Crippen molar-refractivity contribution < 1.29 is 9.05 Å². The second-order valence-corrected chi connectivity index (χ2v) is 7.73. The van der Waals surface area contributed by atoms with Crippen molar-refractivity contribution >= 4 is 47.6 Å². The van der Waals surface area contributed by atoms with Crippen LogP contribution in [0.3, 0.4) is 0 Å². The van der Waals surface area contributed by atoms with Gasteiger partial charge in [0.1, 0.15) is 0 Å². The van der Waals surface area contributed by atoms with Crippen LogP contribution in [0.1, 0.15) is 18.7 Å². The van der Waals surface area contributed by atoms with Crippen LogP contribution in [-0.4, -0.2) is 19.4 Å². The number of thiophene rings is 1. The van der Waals surface area contributed by atoms with E-state index in [1.807, 2.05) is 26.0 Å². The van der Waals surface area contributed by atoms with E-state index in [0.29, 0.717) is 13.2 Å². The Bertz CT molecular complexity index is 415. The fraction of sp³-hybridized carbons (Fsp3) is 0.444. The Morgan fingerprint density at radius 2 is 2.12 bits per heavy atom. The van der Waals surface area contributed by atoms with Gasteiger partial charge in [0, 0.05) is 4.88 Å². The van der Waals surface area contributed by atoms with Crippen molar-refractivity contribution in [2.24, 2.45) is 5.10 Å². The Labute approximate surface area is 115 Å². The van der Waals surface area contributed by atoms with Gasteiger partial charge in [-0.1, -0.05) is 11.6 Å². The van der Waals surface area contributed by atoms with Gasteiger partial charge in [-0.15, -0.1) is 11.3 Å². The van der Waals surface area contributed by atoms with Gasteiger partial charge in [-0.2, -0.15) is 5.10 Å². The molecule has 0 spiro atoms. The number of hydrazone groups is 1. The van der Waals surface area contributed by atoms with Crippen molar-refractivity contribution in [3.63, 3.8) is 0 Å². The number of nitrogens with zero attached hydrogens (tertiary/aromatic N) is 1. The molecule has 0 saturated carbocycles. The number of hydrogen-bond acceptors (Lipinski definition) is 5. The fourth-order valence-corrected chi connectivity index (χ4v) is 3.77. The van der Waals surface area contributed by atoms with Crippen molar-refractivity contribution in [1.29, 1.82) is 0 Å². The van der Waals surface area contributed by atoms with Crippen LogP contribution in [0.4, 0.5) is 0 Å². The van der Waals surface area contributed by atoms with Crippen LogP contribution >= 0.6 is 29.6 Å². The second-order valence-electron chi connectivity index (χ2n) is 2.83. The van der Waals surface area contributed by atoms with Crippen molar-refractivity contribution in [3.05, 3.63) is 21.3 Å². The van der Waals surface area contributed by atoms with Gasteiger partial charge < -0.3 is 9.05 Å². The summed E-state index contributed by atoms with van der Waals surface area (Å²) in [6.45, 7) is 2.22. The molecule has 1 N–H and O–H groups in total. The maximum Gasteiger partial charge on any atom is 0.303 e. The second kappa shape index (κ2) is 7.46. The van der Waals surface area contributed by atoms with Gasteiger partial charge in [-0.3, -0.25) is 0 Å². The predicted molar refractivity (Wildman–Crippen MR) is 77.6 cm³/mol. The third kappa shape index (κ3) is 5.46. The molecule has 1 aromatic rings. The lowest BCUT2D eigenvalue weighted by atomic mass is 10.5. The number of halogens is 1. The minimum Gasteiger partial charge on any atom is -0.313 e. The van der Waals surface area contributed by atoms with Crippen LogP contribution in [-0.2, 0) is 20.9 Å². The van der Waals surface area contributed by atoms with Crippen LogP contribution < -0.4 is 5.20 Å². The average molecular weight is 313 g/mol. The first kappa shape index (κ1) is 15.1. The lowest BCUT2D eigenvalue weighted by Gasteiger charge is -2.19. The molecule has 1 aromatic heterocycles. The summed E-state index contributed by atoms with van der Waals surface area (Å²) in [5.41, 5.74) is 0. The SMILES string of the molecule is CCOP(=S)(N/N=C/c1ccc(Cl)s1)OCC. The Morgan fingerprint density at radius 1 is 1.47 bits per heavy atom. The van der Waals surface area contributed by atoms with Crippen LogP contribution in [0.2, 0.25) is 4.34 Å². The standard InChI is InChI=1S/C9H14ClN2O2PS2/c1-3-13-15(16,14-4-2)12-11-7-8-5-6-9(10)17-8/h5-7H,3-4H2,1-2H3,(H,12,16)/b11-7+. The van der Waals surface area contributed by atoms with Gasteiger partial charge in [0.15, 0.2) is 0 Å². The molecular formula is C9H14ClN2O2PS2. The molecular weight excluding hydrogens is 299 g/mol. The van der Waals surface area contributed by atoms with Gasteiger partial charge in [0.25, 0.3) is 0 Å². The summed E-state index contributed by atoms with van der Waals surface area (Å²) in [7, 11) is 0. The molecule has 0 aliphatic rings. The lowest BCUT2D eigenvalue weighted by Crippen LogP contribution is -2.09. The normalized spacial score (nSPS) is 12.2. The highest BCUT2D eigenvalue weighted by atomic mass is 35.5. The van der Waals surface area contributed by atoms with E-state index in [4.69, 9.17) is 32.5 Å². The topological polar surface area (TPSA) is 42.8 Å². The summed E-state index contributed by atoms with van der Waals surface area (Å²) >= 11 is 12.5. The molecule has 1 rings (SSSR count). The van der Waals surface area contributed by atoms with Gasteiger partial charge in [0.2, 0.25) is 0 Å². The molecule has 0 aromatic carbocycles. The molecule has 8 heteroatoms. The van der Waals surface area contributed by atoms with Crippen LogP contribution in [0.25, 0.3) is 0 Å². The van der Waals surface area contributed by atoms with Crippen LogP contribution in [0.5, 0.6) is 0 Å². The van der Waals surface area contributed by atoms with Crippen molar-refractivity contribution in [2.45, 2.75) is 13.8 Å². The lowest BCUT2D eigenvalue weighted by molar-refractivity contribution is 0.259. The summed E-state index contributed by atoms with van der Waals surface area (Å²) in [4.78, 5) is 0.942. The monoisotopic (exact) mass is 312 g/mol. The minimum absolute atomic E-state index is 0.491. The van der Waals surface area contributed by atoms with E-state index in [1.165, 1.54) is 11.3 Å². The zero-order chi connectivity index (χ0) is 12.7. The van der Waals surface area contributed by atoms with Crippen LogP contribution in [0.15, 0.2) is 17.2 Å². The Hall–Kier alpha value is 0.0300. The van der Waals surface area contributed by atoms with Gasteiger partial charge in [0.05, 0.1) is 23.8 Å². The summed E-state index contributed by atoms with van der Waals surface area (Å²) in [5.74, 6) is 0. The highest BCUT2D eigenvalue weighted by molar-refractivity contribution is 8.08. The van der Waals surface area contributed by atoms with E-state index in [1.54, 1.807) is 6.21 Å². The summed E-state index contributed by atoms with van der Waals surface area (Å²) in [5, 5.41) is 6.81. The molecule has 0 bridgehead atoms. The highest BCUT2D eigenvalue weighted by Crippen LogP contribution is 2.43. The Morgan fingerprint density at radius 3 is 2.59 bits per heavy atom. The van der Waals surface area contributed by atoms with Gasteiger partial charge in [-0.05, 0) is 37.8 Å². The summed E-state index contributed by atoms with van der Waals surface area (Å²) in [6, 6.07) is 3.69. The molecule has 0 radical (unpaired) electrons. The average Bonchev–Trinajstić information content (AvgIpc) is 2.65. The summed E-state index contributed by atoms with van der Waals surface area (Å²) in [6.07, 6.45) is 1.65. The maximum absolute atomic E-state index is 5.80. The quantitative estimate of drug-likeness (QED) is 0.474. The Balaban J connectivity index is 2.57. The van der Waals surface area contributed by atoms with E-state index in [2.05, 4.69) is 10.3 Å². The van der Waals surface area contributed by atoms with E-state index < -0.39 is 6.64 Å². The van der Waals surface area contributed by atoms with E-state index in [-0.39, 0.29) is 0 Å². The molecule has 0 aliphatic carbocycles. The Kier molecular flexibility index (Phi) is 6.62. The number of rotatable bonds is 7. The molecule has 0 fully saturated rings. The molecule has 96 valence electrons. The van der Waals surface area contributed by atoms with E-state index >= 15 is 0 Å². The first-order valence-corrected chi connectivity index (χ1v) is 8.87. The molecule has 1 heterocycles. The number of nitrogens with one attached hydrogen (secondary N) is 1. The minimum atomic E-state index is -2.49. The third-order valence-corrected chi connectivity index (χ3v) is 5.16. The fourth-order valence-electron chi connectivity index (χ4n) is 0.996. The molecule has 4 nitrogen and oxygen atoms in total. The highest BCUT2D eigenvalue weighted by Gasteiger charge is 2.16. The molecule has 0 amide bonds. The maximum atomic E-state index is 5.80. The zero-order valence-electron chi connectivity index (χ0n) is 9.55. The van der Waals surface area contributed by atoms with E-state index in [9.17, 15) is 0 Å². The van der Waals surface area contributed by atoms with Gasteiger partial charge >= 0.3 is 6.64 Å². The largest absolute Gasteiger partial charge is 0.313 e. The predicted octanol–water partition coefficient (Wildman–Crippen LogP) is 3.62. The van der Waals surface area contributed by atoms with Crippen molar-refractivity contribution in [3.8, 4) is 0 Å². The first-order chi connectivity index (χ1) is 8.09. The van der Waals surface area contributed by atoms with Crippen LogP contribution in [0, 0.1) is 0 Å². The third-order valence-electron chi connectivity index (χ3n) is 1.56. The molecule has 17 heavy (non-hydrogen) atoms. The molecule has 0 unspecified atom stereocenters. The van der Waals surface area contributed by atoms with Gasteiger partial charge in [-0.25, -0.2) is 5.20 Å². The van der Waals surface area contributed by atoms with Crippen molar-refractivity contribution in [2.75, 3.05) is 13.2 Å². The molecule has 0 saturated heterocycles. The smallest absolute Gasteiger partial charge is 0.303 e. The molecule has 0 atom stereocenters. The summed E-state index contributed by atoms with van der Waals surface area (Å²) < 4.78 is 11.5. The van der Waals surface area contributed by atoms with Crippen molar-refractivity contribution in [1.82, 2.24) is 5.20 Å². The number of hydrogen-bond donors (Lipinski definition) is 1. The first-order valence-electron chi connectivity index (χ1n) is 5.04. The van der Waals surface area contributed by atoms with E-state index in [0.717, 1.165) is 9.21 Å².